The van der Waals surface area contributed by atoms with Crippen LogP contribution in [-0.2, 0) is 0 Å². The quantitative estimate of drug-likeness (QED) is 0.502. The Hall–Kier alpha value is -1.44. The van der Waals surface area contributed by atoms with Gasteiger partial charge in [0, 0.05) is 5.56 Å². The van der Waals surface area contributed by atoms with E-state index in [1.807, 2.05) is 0 Å². The number of carbonyl (C=O) groups is 1. The number of carbonyl (C=O) groups excluding carboxylic acids is 1. The number of hydrogen-bond acceptors (Lipinski definition) is 1. The molecule has 0 atom stereocenters. The number of benzene rings is 1. The molecule has 0 aliphatic heterocycles. The van der Waals surface area contributed by atoms with Crippen LogP contribution in [-0.4, -0.2) is 5.78 Å². The number of ketones is 1. The van der Waals surface area contributed by atoms with Crippen molar-refractivity contribution in [2.24, 2.45) is 0 Å². The minimum absolute atomic E-state index is 0.0833. The van der Waals surface area contributed by atoms with Crippen LogP contribution in [0.1, 0.15) is 22.8 Å². The summed E-state index contributed by atoms with van der Waals surface area (Å²) in [5, 5.41) is 0. The molecule has 13 heavy (non-hydrogen) atoms. The van der Waals surface area contributed by atoms with Crippen molar-refractivity contribution in [3.8, 4) is 0 Å². The first-order valence-electron chi connectivity index (χ1n) is 4.08. The van der Waals surface area contributed by atoms with Crippen LogP contribution in [0.3, 0.4) is 0 Å². The van der Waals surface area contributed by atoms with Crippen molar-refractivity contribution in [1.29, 1.82) is 0 Å². The summed E-state index contributed by atoms with van der Waals surface area (Å²) in [6.07, 6.45) is 3.14. The van der Waals surface area contributed by atoms with Crippen molar-refractivity contribution in [2.45, 2.75) is 13.8 Å². The minimum atomic E-state index is -0.311. The fourth-order valence-electron chi connectivity index (χ4n) is 1.14. The summed E-state index contributed by atoms with van der Waals surface area (Å²) in [4.78, 5) is 11.4. The van der Waals surface area contributed by atoms with E-state index in [4.69, 9.17) is 0 Å². The van der Waals surface area contributed by atoms with Crippen LogP contribution in [0, 0.1) is 12.7 Å². The van der Waals surface area contributed by atoms with Gasteiger partial charge in [0.1, 0.15) is 5.82 Å². The number of halogens is 1. The maximum Gasteiger partial charge on any atom is 0.185 e. The molecular formula is C11H11FO. The van der Waals surface area contributed by atoms with E-state index in [1.165, 1.54) is 24.3 Å². The van der Waals surface area contributed by atoms with Gasteiger partial charge >= 0.3 is 0 Å². The summed E-state index contributed by atoms with van der Waals surface area (Å²) in [5.74, 6) is -0.394. The van der Waals surface area contributed by atoms with Gasteiger partial charge in [-0.2, -0.15) is 0 Å². The lowest BCUT2D eigenvalue weighted by atomic mass is 10.0. The van der Waals surface area contributed by atoms with Crippen LogP contribution in [0.25, 0.3) is 0 Å². The molecule has 0 heterocycles. The molecule has 0 N–H and O–H groups in total. The molecule has 0 aliphatic rings. The Balaban J connectivity index is 3.09. The molecule has 1 aromatic rings. The van der Waals surface area contributed by atoms with E-state index in [0.29, 0.717) is 11.1 Å². The first kappa shape index (κ1) is 9.65. The Kier molecular flexibility index (Phi) is 2.96. The molecule has 1 aromatic carbocycles. The highest BCUT2D eigenvalue weighted by Crippen LogP contribution is 2.11. The first-order valence-corrected chi connectivity index (χ1v) is 4.08. The maximum atomic E-state index is 12.7. The van der Waals surface area contributed by atoms with Crippen molar-refractivity contribution in [3.05, 3.63) is 47.3 Å². The molecule has 0 unspecified atom stereocenters. The Morgan fingerprint density at radius 2 is 2.15 bits per heavy atom. The van der Waals surface area contributed by atoms with Gasteiger partial charge in [-0.15, -0.1) is 0 Å². The lowest BCUT2D eigenvalue weighted by Crippen LogP contribution is -1.97. The van der Waals surface area contributed by atoms with Crippen LogP contribution in [0.15, 0.2) is 30.4 Å². The van der Waals surface area contributed by atoms with Crippen LogP contribution < -0.4 is 0 Å². The summed E-state index contributed by atoms with van der Waals surface area (Å²) < 4.78 is 12.7. The van der Waals surface area contributed by atoms with E-state index in [9.17, 15) is 9.18 Å². The molecule has 0 saturated carbocycles. The Labute approximate surface area is 76.9 Å². The van der Waals surface area contributed by atoms with Gasteiger partial charge < -0.3 is 0 Å². The second-order valence-electron chi connectivity index (χ2n) is 2.82. The highest BCUT2D eigenvalue weighted by atomic mass is 19.1. The molecular weight excluding hydrogens is 167 g/mol. The molecule has 0 amide bonds. The summed E-state index contributed by atoms with van der Waals surface area (Å²) >= 11 is 0. The summed E-state index contributed by atoms with van der Waals surface area (Å²) in [6, 6.07) is 4.16. The Bertz CT molecular complexity index is 353. The van der Waals surface area contributed by atoms with E-state index in [1.54, 1.807) is 19.9 Å². The fraction of sp³-hybridized carbons (Fsp3) is 0.182. The van der Waals surface area contributed by atoms with Crippen LogP contribution in [0.4, 0.5) is 4.39 Å². The molecule has 68 valence electrons. The van der Waals surface area contributed by atoms with Crippen LogP contribution >= 0.6 is 0 Å². The average molecular weight is 178 g/mol. The minimum Gasteiger partial charge on any atom is -0.289 e. The van der Waals surface area contributed by atoms with Crippen molar-refractivity contribution in [3.63, 3.8) is 0 Å². The molecule has 1 rings (SSSR count). The highest BCUT2D eigenvalue weighted by Gasteiger charge is 2.05. The zero-order chi connectivity index (χ0) is 9.84. The topological polar surface area (TPSA) is 17.1 Å². The van der Waals surface area contributed by atoms with Crippen molar-refractivity contribution < 1.29 is 9.18 Å². The molecule has 0 aromatic heterocycles. The second-order valence-corrected chi connectivity index (χ2v) is 2.82. The lowest BCUT2D eigenvalue weighted by Gasteiger charge is -2.00. The molecule has 2 heteroatoms. The van der Waals surface area contributed by atoms with Gasteiger partial charge in [0.05, 0.1) is 0 Å². The van der Waals surface area contributed by atoms with E-state index in [2.05, 4.69) is 0 Å². The van der Waals surface area contributed by atoms with Gasteiger partial charge in [-0.25, -0.2) is 4.39 Å². The van der Waals surface area contributed by atoms with Gasteiger partial charge in [-0.3, -0.25) is 4.79 Å². The standard InChI is InChI=1S/C11H11FO/c1-3-4-11(13)10-6-5-9(12)7-8(10)2/h3-7H,1-2H3. The smallest absolute Gasteiger partial charge is 0.185 e. The number of hydrogen-bond donors (Lipinski definition) is 0. The first-order chi connectivity index (χ1) is 6.15. The molecule has 0 spiro atoms. The molecule has 0 aliphatic carbocycles. The van der Waals surface area contributed by atoms with E-state index in [-0.39, 0.29) is 11.6 Å². The van der Waals surface area contributed by atoms with Gasteiger partial charge in [-0.05, 0) is 43.7 Å². The summed E-state index contributed by atoms with van der Waals surface area (Å²) in [6.45, 7) is 3.50. The molecule has 0 fully saturated rings. The monoisotopic (exact) mass is 178 g/mol. The third-order valence-corrected chi connectivity index (χ3v) is 1.77. The number of allylic oxidation sites excluding steroid dienone is 2. The van der Waals surface area contributed by atoms with E-state index in [0.717, 1.165) is 0 Å². The summed E-state index contributed by atoms with van der Waals surface area (Å²) in [5.41, 5.74) is 1.22. The maximum absolute atomic E-state index is 12.7. The molecule has 0 radical (unpaired) electrons. The number of rotatable bonds is 2. The zero-order valence-corrected chi connectivity index (χ0v) is 7.67. The second kappa shape index (κ2) is 3.99. The summed E-state index contributed by atoms with van der Waals surface area (Å²) in [7, 11) is 0. The average Bonchev–Trinajstić information content (AvgIpc) is 2.04. The Morgan fingerprint density at radius 3 is 2.69 bits per heavy atom. The third-order valence-electron chi connectivity index (χ3n) is 1.77. The zero-order valence-electron chi connectivity index (χ0n) is 7.67. The van der Waals surface area contributed by atoms with Crippen molar-refractivity contribution in [2.75, 3.05) is 0 Å². The van der Waals surface area contributed by atoms with Crippen molar-refractivity contribution >= 4 is 5.78 Å². The third kappa shape index (κ3) is 2.25. The molecule has 1 nitrogen and oxygen atoms in total. The number of aryl methyl sites for hydroxylation is 1. The van der Waals surface area contributed by atoms with Gasteiger partial charge in [0.25, 0.3) is 0 Å². The van der Waals surface area contributed by atoms with E-state index < -0.39 is 0 Å². The molecule has 0 bridgehead atoms. The largest absolute Gasteiger partial charge is 0.289 e. The van der Waals surface area contributed by atoms with Gasteiger partial charge in [-0.1, -0.05) is 6.08 Å². The van der Waals surface area contributed by atoms with Crippen molar-refractivity contribution in [1.82, 2.24) is 0 Å². The predicted molar refractivity (Wildman–Crippen MR) is 50.3 cm³/mol. The Morgan fingerprint density at radius 1 is 1.46 bits per heavy atom. The SMILES string of the molecule is CC=CC(=O)c1ccc(F)cc1C. The normalized spacial score (nSPS) is 10.7. The van der Waals surface area contributed by atoms with Crippen LogP contribution in [0.2, 0.25) is 0 Å². The van der Waals surface area contributed by atoms with Gasteiger partial charge in [0.15, 0.2) is 5.78 Å². The fourth-order valence-corrected chi connectivity index (χ4v) is 1.14. The molecule has 0 saturated heterocycles. The predicted octanol–water partition coefficient (Wildman–Crippen LogP) is 2.89. The highest BCUT2D eigenvalue weighted by molar-refractivity contribution is 6.05. The van der Waals surface area contributed by atoms with E-state index >= 15 is 0 Å². The van der Waals surface area contributed by atoms with Crippen LogP contribution in [0.5, 0.6) is 0 Å². The lowest BCUT2D eigenvalue weighted by molar-refractivity contribution is 0.104. The van der Waals surface area contributed by atoms with Gasteiger partial charge in [0.2, 0.25) is 0 Å².